The van der Waals surface area contributed by atoms with Gasteiger partial charge in [-0.3, -0.25) is 0 Å². The fourth-order valence-electron chi connectivity index (χ4n) is 2.88. The third-order valence-electron chi connectivity index (χ3n) is 4.40. The van der Waals surface area contributed by atoms with E-state index in [1.807, 2.05) is 0 Å². The Morgan fingerprint density at radius 1 is 0.650 bits per heavy atom. The highest BCUT2D eigenvalue weighted by Gasteiger charge is 2.35. The maximum atomic E-state index is 9.01. The third kappa shape index (κ3) is 10.7. The summed E-state index contributed by atoms with van der Waals surface area (Å²) in [5, 5.41) is 9.01. The molecule has 2 nitrogen and oxygen atoms in total. The normalized spacial score (nSPS) is 21.3. The molecule has 1 aliphatic heterocycles. The number of ether oxygens (including phenoxy) is 1. The van der Waals surface area contributed by atoms with E-state index in [1.54, 1.807) is 0 Å². The van der Waals surface area contributed by atoms with Gasteiger partial charge in [0.05, 0.1) is 0 Å². The molecule has 0 aromatic rings. The summed E-state index contributed by atoms with van der Waals surface area (Å²) in [5.41, 5.74) is 0. The molecule has 1 fully saturated rings. The van der Waals surface area contributed by atoms with Crippen molar-refractivity contribution in [2.75, 3.05) is 0 Å². The van der Waals surface area contributed by atoms with Crippen molar-refractivity contribution in [1.82, 2.24) is 0 Å². The number of aliphatic hydroxyl groups is 1. The monoisotopic (exact) mass is 284 g/mol. The van der Waals surface area contributed by atoms with Gasteiger partial charge in [0.15, 0.2) is 6.29 Å². The lowest BCUT2D eigenvalue weighted by molar-refractivity contribution is 0.156. The number of epoxide rings is 1. The predicted molar refractivity (Wildman–Crippen MR) is 85.8 cm³/mol. The summed E-state index contributed by atoms with van der Waals surface area (Å²) in [6.07, 6.45) is 20.4. The summed E-state index contributed by atoms with van der Waals surface area (Å²) in [4.78, 5) is 0. The zero-order valence-corrected chi connectivity index (χ0v) is 13.6. The van der Waals surface area contributed by atoms with Gasteiger partial charge in [0.25, 0.3) is 0 Å². The smallest absolute Gasteiger partial charge is 0.181 e. The lowest BCUT2D eigenvalue weighted by Gasteiger charge is -2.03. The highest BCUT2D eigenvalue weighted by molar-refractivity contribution is 4.74. The van der Waals surface area contributed by atoms with Crippen molar-refractivity contribution >= 4 is 0 Å². The summed E-state index contributed by atoms with van der Waals surface area (Å²) in [6, 6.07) is 0. The molecule has 120 valence electrons. The van der Waals surface area contributed by atoms with E-state index in [1.165, 1.54) is 89.9 Å². The first-order valence-electron chi connectivity index (χ1n) is 9.18. The molecule has 0 spiro atoms. The third-order valence-corrected chi connectivity index (χ3v) is 4.40. The number of hydrogen-bond acceptors (Lipinski definition) is 2. The molecule has 1 heterocycles. The van der Waals surface area contributed by atoms with Crippen molar-refractivity contribution in [2.24, 2.45) is 0 Å². The van der Waals surface area contributed by atoms with E-state index in [4.69, 9.17) is 9.84 Å². The van der Waals surface area contributed by atoms with Crippen LogP contribution in [0, 0.1) is 0 Å². The molecule has 1 N–H and O–H groups in total. The first-order chi connectivity index (χ1) is 9.84. The molecular formula is C18H36O2. The van der Waals surface area contributed by atoms with E-state index in [2.05, 4.69) is 6.92 Å². The van der Waals surface area contributed by atoms with E-state index in [-0.39, 0.29) is 6.10 Å². The second-order valence-corrected chi connectivity index (χ2v) is 6.45. The molecule has 0 aromatic carbocycles. The molecule has 0 aliphatic carbocycles. The van der Waals surface area contributed by atoms with Crippen LogP contribution in [0.3, 0.4) is 0 Å². The predicted octanol–water partition coefficient (Wildman–Crippen LogP) is 5.58. The molecule has 1 saturated heterocycles. The van der Waals surface area contributed by atoms with Crippen LogP contribution in [0.15, 0.2) is 0 Å². The largest absolute Gasteiger partial charge is 0.366 e. The second kappa shape index (κ2) is 12.6. The quantitative estimate of drug-likeness (QED) is 0.315. The molecule has 1 aliphatic rings. The van der Waals surface area contributed by atoms with Crippen LogP contribution in [0.5, 0.6) is 0 Å². The Morgan fingerprint density at radius 3 is 1.35 bits per heavy atom. The van der Waals surface area contributed by atoms with Crippen LogP contribution < -0.4 is 0 Å². The van der Waals surface area contributed by atoms with E-state index < -0.39 is 6.29 Å². The van der Waals surface area contributed by atoms with Crippen molar-refractivity contribution in [3.63, 3.8) is 0 Å². The van der Waals surface area contributed by atoms with E-state index >= 15 is 0 Å². The first-order valence-corrected chi connectivity index (χ1v) is 9.18. The van der Waals surface area contributed by atoms with Crippen LogP contribution in [0.25, 0.3) is 0 Å². The maximum Gasteiger partial charge on any atom is 0.181 e. The molecule has 0 saturated carbocycles. The summed E-state index contributed by atoms with van der Waals surface area (Å²) >= 11 is 0. The van der Waals surface area contributed by atoms with Crippen molar-refractivity contribution in [2.45, 2.75) is 116 Å². The molecule has 2 unspecified atom stereocenters. The second-order valence-electron chi connectivity index (χ2n) is 6.45. The molecule has 0 bridgehead atoms. The van der Waals surface area contributed by atoms with Gasteiger partial charge in [0.2, 0.25) is 0 Å². The summed E-state index contributed by atoms with van der Waals surface area (Å²) in [7, 11) is 0. The lowest BCUT2D eigenvalue weighted by Crippen LogP contribution is -1.91. The SMILES string of the molecule is CCCCCCCCCCCCCCCCC1OC1O. The fourth-order valence-corrected chi connectivity index (χ4v) is 2.88. The summed E-state index contributed by atoms with van der Waals surface area (Å²) < 4.78 is 4.99. The van der Waals surface area contributed by atoms with Crippen LogP contribution in [-0.4, -0.2) is 17.5 Å². The van der Waals surface area contributed by atoms with Crippen LogP contribution in [0.4, 0.5) is 0 Å². The van der Waals surface area contributed by atoms with Crippen LogP contribution >= 0.6 is 0 Å². The van der Waals surface area contributed by atoms with Crippen LogP contribution in [0.2, 0.25) is 0 Å². The van der Waals surface area contributed by atoms with Crippen molar-refractivity contribution in [1.29, 1.82) is 0 Å². The molecule has 1 rings (SSSR count). The minimum atomic E-state index is -0.433. The minimum Gasteiger partial charge on any atom is -0.366 e. The summed E-state index contributed by atoms with van der Waals surface area (Å²) in [5.74, 6) is 0. The standard InChI is InChI=1S/C18H36O2/c1-2-3-4-5-6-7-8-9-10-11-12-13-14-15-16-17-18(19)20-17/h17-19H,2-16H2,1H3. The molecule has 20 heavy (non-hydrogen) atoms. The number of aliphatic hydroxyl groups excluding tert-OH is 1. The molecule has 2 heteroatoms. The Hall–Kier alpha value is -0.0800. The Labute approximate surface area is 126 Å². The van der Waals surface area contributed by atoms with Gasteiger partial charge in [0, 0.05) is 0 Å². The van der Waals surface area contributed by atoms with E-state index in [9.17, 15) is 0 Å². The van der Waals surface area contributed by atoms with Gasteiger partial charge in [-0.2, -0.15) is 0 Å². The van der Waals surface area contributed by atoms with Crippen LogP contribution in [-0.2, 0) is 4.74 Å². The van der Waals surface area contributed by atoms with Gasteiger partial charge in [0.1, 0.15) is 6.10 Å². The number of unbranched alkanes of at least 4 members (excludes halogenated alkanes) is 13. The molecule has 2 atom stereocenters. The summed E-state index contributed by atoms with van der Waals surface area (Å²) in [6.45, 7) is 2.28. The van der Waals surface area contributed by atoms with Gasteiger partial charge in [-0.15, -0.1) is 0 Å². The molecule has 0 radical (unpaired) electrons. The van der Waals surface area contributed by atoms with Crippen LogP contribution in [0.1, 0.15) is 103 Å². The molecule has 0 aromatic heterocycles. The zero-order valence-electron chi connectivity index (χ0n) is 13.6. The Kier molecular flexibility index (Phi) is 11.4. The Balaban J connectivity index is 1.62. The average molecular weight is 284 g/mol. The van der Waals surface area contributed by atoms with Crippen molar-refractivity contribution in [3.05, 3.63) is 0 Å². The molecule has 0 amide bonds. The average Bonchev–Trinajstić information content (AvgIpc) is 3.15. The topological polar surface area (TPSA) is 32.8 Å². The Morgan fingerprint density at radius 2 is 1.00 bits per heavy atom. The zero-order chi connectivity index (χ0) is 14.5. The fraction of sp³-hybridized carbons (Fsp3) is 1.00. The number of rotatable bonds is 15. The lowest BCUT2D eigenvalue weighted by atomic mass is 10.0. The van der Waals surface area contributed by atoms with E-state index in [0.29, 0.717) is 0 Å². The van der Waals surface area contributed by atoms with Gasteiger partial charge in [-0.25, -0.2) is 0 Å². The number of hydrogen-bond donors (Lipinski definition) is 1. The van der Waals surface area contributed by atoms with E-state index in [0.717, 1.165) is 6.42 Å². The highest BCUT2D eigenvalue weighted by Crippen LogP contribution is 2.24. The maximum absolute atomic E-state index is 9.01. The van der Waals surface area contributed by atoms with Crippen molar-refractivity contribution in [3.8, 4) is 0 Å². The Bertz CT molecular complexity index is 206. The first kappa shape index (κ1) is 18.0. The van der Waals surface area contributed by atoms with Gasteiger partial charge < -0.3 is 9.84 Å². The molecular weight excluding hydrogens is 248 g/mol. The van der Waals surface area contributed by atoms with Gasteiger partial charge in [-0.05, 0) is 6.42 Å². The highest BCUT2D eigenvalue weighted by atomic mass is 16.7. The van der Waals surface area contributed by atoms with Gasteiger partial charge in [-0.1, -0.05) is 96.8 Å². The van der Waals surface area contributed by atoms with Crippen molar-refractivity contribution < 1.29 is 9.84 Å². The minimum absolute atomic E-state index is 0.173. The van der Waals surface area contributed by atoms with Gasteiger partial charge >= 0.3 is 0 Å².